The number of rotatable bonds is 2. The molecule has 94 valence electrons. The van der Waals surface area contributed by atoms with Gasteiger partial charge in [0.1, 0.15) is 11.5 Å². The van der Waals surface area contributed by atoms with E-state index in [9.17, 15) is 0 Å². The zero-order valence-corrected chi connectivity index (χ0v) is 11.3. The van der Waals surface area contributed by atoms with Crippen molar-refractivity contribution in [2.75, 3.05) is 14.2 Å². The van der Waals surface area contributed by atoms with Crippen molar-refractivity contribution in [2.45, 2.75) is 25.7 Å². The predicted molar refractivity (Wildman–Crippen MR) is 72.5 cm³/mol. The largest absolute Gasteiger partial charge is 0.496 e. The normalized spacial score (nSPS) is 23.2. The summed E-state index contributed by atoms with van der Waals surface area (Å²) in [4.78, 5) is 0. The topological polar surface area (TPSA) is 18.5 Å². The Morgan fingerprint density at radius 2 is 1.33 bits per heavy atom. The predicted octanol–water partition coefficient (Wildman–Crippen LogP) is 3.79. The fourth-order valence-electron chi connectivity index (χ4n) is 3.34. The number of methoxy groups -OCH3 is 2. The standard InChI is InChI=1S/C16H18O2/c1-9(2)14-10-5-6-11(14)16-13(18-4)8-7-12(17-3)15(10)16/h5-8,10-11H,1-4H3/t10-,11+. The quantitative estimate of drug-likeness (QED) is 0.734. The number of fused-ring (bicyclic) bond motifs is 5. The van der Waals surface area contributed by atoms with Gasteiger partial charge in [-0.3, -0.25) is 0 Å². The van der Waals surface area contributed by atoms with E-state index in [2.05, 4.69) is 26.0 Å². The van der Waals surface area contributed by atoms with E-state index >= 15 is 0 Å². The second-order valence-electron chi connectivity index (χ2n) is 5.09. The molecular formula is C16H18O2. The molecule has 0 fully saturated rings. The van der Waals surface area contributed by atoms with E-state index in [1.807, 2.05) is 12.1 Å². The minimum atomic E-state index is 0.375. The maximum Gasteiger partial charge on any atom is 0.123 e. The van der Waals surface area contributed by atoms with Crippen molar-refractivity contribution in [1.82, 2.24) is 0 Å². The van der Waals surface area contributed by atoms with Crippen molar-refractivity contribution >= 4 is 0 Å². The highest BCUT2D eigenvalue weighted by Gasteiger charge is 2.42. The van der Waals surface area contributed by atoms with Crippen LogP contribution in [0.2, 0.25) is 0 Å². The summed E-state index contributed by atoms with van der Waals surface area (Å²) in [7, 11) is 3.47. The molecule has 0 amide bonds. The molecule has 2 atom stereocenters. The first-order chi connectivity index (χ1) is 8.69. The molecule has 0 aliphatic heterocycles. The van der Waals surface area contributed by atoms with E-state index in [1.54, 1.807) is 14.2 Å². The highest BCUT2D eigenvalue weighted by Crippen LogP contribution is 2.58. The smallest absolute Gasteiger partial charge is 0.123 e. The van der Waals surface area contributed by atoms with E-state index in [4.69, 9.17) is 9.47 Å². The lowest BCUT2D eigenvalue weighted by Crippen LogP contribution is -2.00. The van der Waals surface area contributed by atoms with Crippen LogP contribution in [0.3, 0.4) is 0 Å². The van der Waals surface area contributed by atoms with Crippen molar-refractivity contribution in [3.63, 3.8) is 0 Å². The molecule has 18 heavy (non-hydrogen) atoms. The average molecular weight is 242 g/mol. The first-order valence-electron chi connectivity index (χ1n) is 6.29. The van der Waals surface area contributed by atoms with Crippen LogP contribution < -0.4 is 9.47 Å². The third-order valence-corrected chi connectivity index (χ3v) is 4.01. The Kier molecular flexibility index (Phi) is 2.47. The molecule has 0 heterocycles. The van der Waals surface area contributed by atoms with Gasteiger partial charge in [0.15, 0.2) is 0 Å². The van der Waals surface area contributed by atoms with Crippen LogP contribution in [0.5, 0.6) is 11.5 Å². The van der Waals surface area contributed by atoms with Crippen LogP contribution in [0.1, 0.15) is 36.8 Å². The highest BCUT2D eigenvalue weighted by atomic mass is 16.5. The highest BCUT2D eigenvalue weighted by molar-refractivity contribution is 5.68. The van der Waals surface area contributed by atoms with Crippen LogP contribution >= 0.6 is 0 Å². The molecule has 2 aliphatic rings. The van der Waals surface area contributed by atoms with Crippen LogP contribution in [0.4, 0.5) is 0 Å². The molecule has 0 saturated carbocycles. The zero-order chi connectivity index (χ0) is 12.9. The fourth-order valence-corrected chi connectivity index (χ4v) is 3.34. The van der Waals surface area contributed by atoms with Gasteiger partial charge in [-0.25, -0.2) is 0 Å². The van der Waals surface area contributed by atoms with Crippen molar-refractivity contribution in [1.29, 1.82) is 0 Å². The van der Waals surface area contributed by atoms with Gasteiger partial charge in [-0.05, 0) is 31.6 Å². The third kappa shape index (κ3) is 1.29. The molecule has 0 saturated heterocycles. The summed E-state index contributed by atoms with van der Waals surface area (Å²) in [6.45, 7) is 4.38. The fraction of sp³-hybridized carbons (Fsp3) is 0.375. The average Bonchev–Trinajstić information content (AvgIpc) is 2.94. The molecule has 0 radical (unpaired) electrons. The summed E-state index contributed by atoms with van der Waals surface area (Å²) in [6.07, 6.45) is 4.58. The van der Waals surface area contributed by atoms with Crippen LogP contribution in [-0.2, 0) is 0 Å². The summed E-state index contributed by atoms with van der Waals surface area (Å²) >= 11 is 0. The second kappa shape index (κ2) is 3.91. The van der Waals surface area contributed by atoms with E-state index < -0.39 is 0 Å². The van der Waals surface area contributed by atoms with Crippen LogP contribution in [-0.4, -0.2) is 14.2 Å². The molecule has 1 aromatic rings. The van der Waals surface area contributed by atoms with Gasteiger partial charge in [-0.2, -0.15) is 0 Å². The van der Waals surface area contributed by atoms with Gasteiger partial charge in [-0.1, -0.05) is 17.7 Å². The third-order valence-electron chi connectivity index (χ3n) is 4.01. The Hall–Kier alpha value is -1.70. The Morgan fingerprint density at radius 1 is 0.889 bits per heavy atom. The SMILES string of the molecule is COc1ccc(OC)c2c1[C@@H]1C=C[C@H]2C1=C(C)C. The Labute approximate surface area is 108 Å². The monoisotopic (exact) mass is 242 g/mol. The number of benzene rings is 1. The lowest BCUT2D eigenvalue weighted by atomic mass is 9.95. The number of ether oxygens (including phenoxy) is 2. The van der Waals surface area contributed by atoms with Crippen LogP contribution in [0, 0.1) is 0 Å². The Balaban J connectivity index is 2.28. The van der Waals surface area contributed by atoms with Crippen molar-refractivity contribution < 1.29 is 9.47 Å². The van der Waals surface area contributed by atoms with Crippen LogP contribution in [0.25, 0.3) is 0 Å². The number of hydrogen-bond acceptors (Lipinski definition) is 2. The molecule has 0 N–H and O–H groups in total. The molecule has 2 nitrogen and oxygen atoms in total. The van der Waals surface area contributed by atoms with E-state index in [0.29, 0.717) is 11.8 Å². The summed E-state index contributed by atoms with van der Waals surface area (Å²) in [5, 5.41) is 0. The summed E-state index contributed by atoms with van der Waals surface area (Å²) in [5.74, 6) is 2.70. The molecule has 2 heteroatoms. The van der Waals surface area contributed by atoms with Gasteiger partial charge < -0.3 is 9.47 Å². The van der Waals surface area contributed by atoms with Gasteiger partial charge in [-0.15, -0.1) is 0 Å². The molecule has 0 aromatic heterocycles. The zero-order valence-electron chi connectivity index (χ0n) is 11.3. The second-order valence-corrected chi connectivity index (χ2v) is 5.09. The van der Waals surface area contributed by atoms with E-state index in [-0.39, 0.29) is 0 Å². The first-order valence-corrected chi connectivity index (χ1v) is 6.29. The summed E-state index contributed by atoms with van der Waals surface area (Å²) in [6, 6.07) is 4.02. The molecule has 0 spiro atoms. The van der Waals surface area contributed by atoms with Crippen molar-refractivity contribution in [2.24, 2.45) is 0 Å². The minimum Gasteiger partial charge on any atom is -0.496 e. The number of allylic oxidation sites excluding steroid dienone is 4. The van der Waals surface area contributed by atoms with Gasteiger partial charge in [0.25, 0.3) is 0 Å². The lowest BCUT2D eigenvalue weighted by Gasteiger charge is -2.17. The molecular weight excluding hydrogens is 224 g/mol. The molecule has 3 rings (SSSR count). The van der Waals surface area contributed by atoms with Crippen LogP contribution in [0.15, 0.2) is 35.4 Å². The van der Waals surface area contributed by atoms with Crippen molar-refractivity contribution in [3.05, 3.63) is 46.6 Å². The van der Waals surface area contributed by atoms with Gasteiger partial charge >= 0.3 is 0 Å². The lowest BCUT2D eigenvalue weighted by molar-refractivity contribution is 0.396. The minimum absolute atomic E-state index is 0.375. The Bertz CT molecular complexity index is 520. The maximum absolute atomic E-state index is 5.53. The Morgan fingerprint density at radius 3 is 1.67 bits per heavy atom. The summed E-state index contributed by atoms with van der Waals surface area (Å²) < 4.78 is 11.1. The molecule has 1 aromatic carbocycles. The van der Waals surface area contributed by atoms with E-state index in [0.717, 1.165) is 11.5 Å². The maximum atomic E-state index is 5.53. The number of hydrogen-bond donors (Lipinski definition) is 0. The van der Waals surface area contributed by atoms with Gasteiger partial charge in [0, 0.05) is 23.0 Å². The van der Waals surface area contributed by atoms with E-state index in [1.165, 1.54) is 22.3 Å². The molecule has 0 unspecified atom stereocenters. The first kappa shape index (κ1) is 11.4. The summed E-state index contributed by atoms with van der Waals surface area (Å²) in [5.41, 5.74) is 5.48. The van der Waals surface area contributed by atoms with Gasteiger partial charge in [0.05, 0.1) is 14.2 Å². The molecule has 2 bridgehead atoms. The van der Waals surface area contributed by atoms with Crippen molar-refractivity contribution in [3.8, 4) is 11.5 Å². The molecule has 2 aliphatic carbocycles. The van der Waals surface area contributed by atoms with Gasteiger partial charge in [0.2, 0.25) is 0 Å².